The van der Waals surface area contributed by atoms with Gasteiger partial charge in [0.1, 0.15) is 0 Å². The molecule has 100 valence electrons. The molecule has 0 aliphatic rings. The van der Waals surface area contributed by atoms with Crippen LogP contribution in [0.5, 0.6) is 0 Å². The van der Waals surface area contributed by atoms with Crippen molar-refractivity contribution in [3.63, 3.8) is 0 Å². The highest BCUT2D eigenvalue weighted by Crippen LogP contribution is 2.21. The van der Waals surface area contributed by atoms with Crippen LogP contribution >= 0.6 is 27.3 Å². The smallest absolute Gasteiger partial charge is 0.252 e. The van der Waals surface area contributed by atoms with Crippen molar-refractivity contribution in [1.82, 2.24) is 5.32 Å². The molecule has 1 atom stereocenters. The second-order valence-corrected chi connectivity index (χ2v) is 6.42. The van der Waals surface area contributed by atoms with Crippen molar-refractivity contribution in [2.24, 2.45) is 0 Å². The molecule has 1 amide bonds. The average molecular weight is 338 g/mol. The van der Waals surface area contributed by atoms with Gasteiger partial charge in [0.05, 0.1) is 5.56 Å². The molecule has 1 N–H and O–H groups in total. The monoisotopic (exact) mass is 337 g/mol. The van der Waals surface area contributed by atoms with E-state index in [9.17, 15) is 4.79 Å². The highest BCUT2D eigenvalue weighted by molar-refractivity contribution is 9.10. The second-order valence-electron chi connectivity index (χ2n) is 4.59. The first kappa shape index (κ1) is 14.3. The summed E-state index contributed by atoms with van der Waals surface area (Å²) >= 11 is 5.19. The second kappa shape index (κ2) is 6.35. The molecule has 2 nitrogen and oxygen atoms in total. The van der Waals surface area contributed by atoms with Gasteiger partial charge in [-0.1, -0.05) is 18.2 Å². The minimum atomic E-state index is -0.0281. The Hall–Kier alpha value is -1.13. The third-order valence-corrected chi connectivity index (χ3v) is 4.85. The van der Waals surface area contributed by atoms with Crippen LogP contribution in [-0.2, 0) is 6.42 Å². The minimum Gasteiger partial charge on any atom is -0.349 e. The van der Waals surface area contributed by atoms with Gasteiger partial charge in [0, 0.05) is 21.8 Å². The van der Waals surface area contributed by atoms with E-state index in [1.54, 1.807) is 11.3 Å². The third kappa shape index (κ3) is 3.67. The fraction of sp³-hybridized carbons (Fsp3) is 0.267. The lowest BCUT2D eigenvalue weighted by Crippen LogP contribution is -2.34. The molecule has 0 fully saturated rings. The Labute approximate surface area is 126 Å². The van der Waals surface area contributed by atoms with Gasteiger partial charge in [-0.25, -0.2) is 0 Å². The predicted molar refractivity (Wildman–Crippen MR) is 83.8 cm³/mol. The first-order chi connectivity index (χ1) is 9.08. The average Bonchev–Trinajstić information content (AvgIpc) is 2.85. The lowest BCUT2D eigenvalue weighted by atomic mass is 10.1. The molecule has 4 heteroatoms. The number of carbonyl (C=O) groups excluding carboxylic acids is 1. The molecular formula is C15H16BrNOS. The van der Waals surface area contributed by atoms with Crippen molar-refractivity contribution >= 4 is 33.2 Å². The number of halogens is 1. The van der Waals surface area contributed by atoms with E-state index in [-0.39, 0.29) is 11.9 Å². The van der Waals surface area contributed by atoms with E-state index in [1.165, 1.54) is 4.88 Å². The number of hydrogen-bond acceptors (Lipinski definition) is 2. The van der Waals surface area contributed by atoms with Crippen LogP contribution in [0.4, 0.5) is 0 Å². The summed E-state index contributed by atoms with van der Waals surface area (Å²) in [5.74, 6) is -0.0281. The van der Waals surface area contributed by atoms with Crippen molar-refractivity contribution in [3.8, 4) is 0 Å². The van der Waals surface area contributed by atoms with Crippen molar-refractivity contribution in [2.45, 2.75) is 26.3 Å². The van der Waals surface area contributed by atoms with Gasteiger partial charge in [-0.05, 0) is 52.9 Å². The number of aryl methyl sites for hydroxylation is 1. The van der Waals surface area contributed by atoms with Crippen LogP contribution < -0.4 is 5.32 Å². The van der Waals surface area contributed by atoms with Gasteiger partial charge in [0.25, 0.3) is 5.91 Å². The van der Waals surface area contributed by atoms with Gasteiger partial charge in [-0.15, -0.1) is 11.3 Å². The maximum absolute atomic E-state index is 12.2. The standard InChI is InChI=1S/C15H16BrNOS/c1-10-5-3-7-13(14(10)16)15(18)17-11(2)9-12-6-4-8-19-12/h3-8,11H,9H2,1-2H3,(H,17,18). The zero-order valence-corrected chi connectivity index (χ0v) is 13.3. The summed E-state index contributed by atoms with van der Waals surface area (Å²) in [6.07, 6.45) is 0.868. The molecule has 0 spiro atoms. The van der Waals surface area contributed by atoms with E-state index >= 15 is 0 Å². The highest BCUT2D eigenvalue weighted by Gasteiger charge is 2.14. The van der Waals surface area contributed by atoms with Gasteiger partial charge >= 0.3 is 0 Å². The summed E-state index contributed by atoms with van der Waals surface area (Å²) in [5.41, 5.74) is 1.76. The summed E-state index contributed by atoms with van der Waals surface area (Å²) in [7, 11) is 0. The minimum absolute atomic E-state index is 0.0281. The van der Waals surface area contributed by atoms with Crippen molar-refractivity contribution < 1.29 is 4.79 Å². The molecule has 2 aromatic rings. The molecule has 1 aromatic heterocycles. The maximum atomic E-state index is 12.2. The molecule has 0 aliphatic carbocycles. The van der Waals surface area contributed by atoms with E-state index < -0.39 is 0 Å². The zero-order chi connectivity index (χ0) is 13.8. The van der Waals surface area contributed by atoms with Gasteiger partial charge in [-0.2, -0.15) is 0 Å². The number of rotatable bonds is 4. The highest BCUT2D eigenvalue weighted by atomic mass is 79.9. The fourth-order valence-electron chi connectivity index (χ4n) is 1.91. The molecule has 19 heavy (non-hydrogen) atoms. The Morgan fingerprint density at radius 1 is 1.37 bits per heavy atom. The van der Waals surface area contributed by atoms with Crippen LogP contribution in [0.15, 0.2) is 40.2 Å². The molecule has 0 bridgehead atoms. The Bertz CT molecular complexity index is 566. The van der Waals surface area contributed by atoms with E-state index in [0.29, 0.717) is 5.56 Å². The summed E-state index contributed by atoms with van der Waals surface area (Å²) < 4.78 is 0.871. The van der Waals surface area contributed by atoms with Gasteiger partial charge in [0.15, 0.2) is 0 Å². The van der Waals surface area contributed by atoms with E-state index in [2.05, 4.69) is 32.7 Å². The Balaban J connectivity index is 2.02. The molecule has 0 saturated heterocycles. The summed E-state index contributed by atoms with van der Waals surface area (Å²) in [4.78, 5) is 13.5. The van der Waals surface area contributed by atoms with Crippen molar-refractivity contribution in [1.29, 1.82) is 0 Å². The summed E-state index contributed by atoms with van der Waals surface area (Å²) in [6.45, 7) is 4.01. The normalized spacial score (nSPS) is 12.2. The Morgan fingerprint density at radius 3 is 2.84 bits per heavy atom. The van der Waals surface area contributed by atoms with Gasteiger partial charge in [-0.3, -0.25) is 4.79 Å². The van der Waals surface area contributed by atoms with Crippen LogP contribution in [0.2, 0.25) is 0 Å². The maximum Gasteiger partial charge on any atom is 0.252 e. The first-order valence-electron chi connectivity index (χ1n) is 6.16. The van der Waals surface area contributed by atoms with Crippen LogP contribution in [-0.4, -0.2) is 11.9 Å². The largest absolute Gasteiger partial charge is 0.349 e. The topological polar surface area (TPSA) is 29.1 Å². The van der Waals surface area contributed by atoms with Crippen molar-refractivity contribution in [3.05, 3.63) is 56.2 Å². The number of amides is 1. The number of hydrogen-bond donors (Lipinski definition) is 1. The number of carbonyl (C=O) groups is 1. The van der Waals surface area contributed by atoms with Crippen LogP contribution in [0.3, 0.4) is 0 Å². The number of thiophene rings is 1. The van der Waals surface area contributed by atoms with E-state index in [4.69, 9.17) is 0 Å². The molecule has 0 saturated carbocycles. The molecule has 0 aliphatic heterocycles. The summed E-state index contributed by atoms with van der Waals surface area (Å²) in [6, 6.07) is 9.97. The number of benzene rings is 1. The number of nitrogens with one attached hydrogen (secondary N) is 1. The lowest BCUT2D eigenvalue weighted by Gasteiger charge is -2.14. The van der Waals surface area contributed by atoms with Crippen LogP contribution in [0.1, 0.15) is 27.7 Å². The molecule has 2 rings (SSSR count). The Kier molecular flexibility index (Phi) is 4.77. The third-order valence-electron chi connectivity index (χ3n) is 2.90. The van der Waals surface area contributed by atoms with Crippen LogP contribution in [0.25, 0.3) is 0 Å². The quantitative estimate of drug-likeness (QED) is 0.890. The van der Waals surface area contributed by atoms with Gasteiger partial charge < -0.3 is 5.32 Å². The molecular weight excluding hydrogens is 322 g/mol. The van der Waals surface area contributed by atoms with Gasteiger partial charge in [0.2, 0.25) is 0 Å². The SMILES string of the molecule is Cc1cccc(C(=O)NC(C)Cc2cccs2)c1Br. The molecule has 1 heterocycles. The molecule has 1 unspecified atom stereocenters. The first-order valence-corrected chi connectivity index (χ1v) is 7.83. The zero-order valence-electron chi connectivity index (χ0n) is 10.9. The molecule has 1 aromatic carbocycles. The fourth-order valence-corrected chi connectivity index (χ4v) is 3.19. The molecule has 0 radical (unpaired) electrons. The Morgan fingerprint density at radius 2 is 2.16 bits per heavy atom. The predicted octanol–water partition coefficient (Wildman–Crippen LogP) is 4.18. The van der Waals surface area contributed by atoms with Crippen molar-refractivity contribution in [2.75, 3.05) is 0 Å². The van der Waals surface area contributed by atoms with Crippen LogP contribution in [0, 0.1) is 6.92 Å². The lowest BCUT2D eigenvalue weighted by molar-refractivity contribution is 0.0939. The van der Waals surface area contributed by atoms with E-state index in [0.717, 1.165) is 16.5 Å². The summed E-state index contributed by atoms with van der Waals surface area (Å²) in [5, 5.41) is 5.10. The van der Waals surface area contributed by atoms with E-state index in [1.807, 2.05) is 38.1 Å².